The van der Waals surface area contributed by atoms with Gasteiger partial charge in [-0.25, -0.2) is 0 Å². The Labute approximate surface area is 175 Å². The van der Waals surface area contributed by atoms with Crippen LogP contribution in [0.5, 0.6) is 5.75 Å². The number of hydrogen-bond acceptors (Lipinski definition) is 4. The molecule has 1 saturated heterocycles. The Hall–Kier alpha value is -3.12. The zero-order valence-electron chi connectivity index (χ0n) is 16.9. The molecule has 0 atom stereocenters. The number of nitrogens with zero attached hydrogens (tertiary/aromatic N) is 2. The van der Waals surface area contributed by atoms with E-state index >= 15 is 0 Å². The number of amides is 1. The van der Waals surface area contributed by atoms with Crippen LogP contribution >= 0.6 is 0 Å². The molecule has 1 aliphatic carbocycles. The molecule has 3 aromatic rings. The van der Waals surface area contributed by atoms with Crippen molar-refractivity contribution in [1.29, 1.82) is 0 Å². The molecule has 6 nitrogen and oxygen atoms in total. The summed E-state index contributed by atoms with van der Waals surface area (Å²) in [6.07, 6.45) is 4.57. The third-order valence-electron chi connectivity index (χ3n) is 6.20. The summed E-state index contributed by atoms with van der Waals surface area (Å²) >= 11 is 0. The number of hydrogen-bond donors (Lipinski definition) is 3. The third kappa shape index (κ3) is 3.48. The number of fused-ring (bicyclic) bond motifs is 3. The predicted molar refractivity (Wildman–Crippen MR) is 117 cm³/mol. The van der Waals surface area contributed by atoms with Gasteiger partial charge in [0.2, 0.25) is 0 Å². The van der Waals surface area contributed by atoms with Crippen molar-refractivity contribution >= 4 is 5.91 Å². The van der Waals surface area contributed by atoms with Crippen molar-refractivity contribution in [3.8, 4) is 28.3 Å². The summed E-state index contributed by atoms with van der Waals surface area (Å²) in [6.45, 7) is 3.62. The standard InChI is InChI=1S/C24H26N4O2/c29-21-9-8-17(15-19(21)24(30)25-10-13-28-11-4-1-5-12-28)22-20-14-16-6-2-3-7-18(16)23(20)27-26-22/h2-3,6-9,15,29H,1,4-5,10-14H2,(H,25,30)(H,26,27). The van der Waals surface area contributed by atoms with Crippen LogP contribution in [-0.2, 0) is 6.42 Å². The number of nitrogens with one attached hydrogen (secondary N) is 2. The van der Waals surface area contributed by atoms with E-state index in [1.54, 1.807) is 12.1 Å². The molecule has 0 radical (unpaired) electrons. The van der Waals surface area contributed by atoms with E-state index in [0.717, 1.165) is 48.6 Å². The van der Waals surface area contributed by atoms with Crippen LogP contribution in [0.1, 0.15) is 40.7 Å². The van der Waals surface area contributed by atoms with Crippen molar-refractivity contribution in [3.05, 3.63) is 59.2 Å². The Balaban J connectivity index is 1.33. The van der Waals surface area contributed by atoms with Gasteiger partial charge in [0, 0.05) is 36.2 Å². The van der Waals surface area contributed by atoms with Gasteiger partial charge >= 0.3 is 0 Å². The first-order valence-corrected chi connectivity index (χ1v) is 10.7. The highest BCUT2D eigenvalue weighted by Gasteiger charge is 2.25. The van der Waals surface area contributed by atoms with Gasteiger partial charge in [-0.2, -0.15) is 5.10 Å². The average Bonchev–Trinajstić information content (AvgIpc) is 3.34. The van der Waals surface area contributed by atoms with Gasteiger partial charge in [-0.15, -0.1) is 0 Å². The van der Waals surface area contributed by atoms with Crippen molar-refractivity contribution in [2.24, 2.45) is 0 Å². The zero-order chi connectivity index (χ0) is 20.5. The lowest BCUT2D eigenvalue weighted by molar-refractivity contribution is 0.0944. The number of H-pyrrole nitrogens is 1. The highest BCUT2D eigenvalue weighted by molar-refractivity contribution is 5.98. The number of carbonyl (C=O) groups excluding carboxylic acids is 1. The van der Waals surface area contributed by atoms with Crippen molar-refractivity contribution in [1.82, 2.24) is 20.4 Å². The molecule has 2 heterocycles. The number of carbonyl (C=O) groups is 1. The van der Waals surface area contributed by atoms with Crippen LogP contribution in [0.3, 0.4) is 0 Å². The van der Waals surface area contributed by atoms with Gasteiger partial charge in [0.25, 0.3) is 5.91 Å². The van der Waals surface area contributed by atoms with E-state index < -0.39 is 0 Å². The Morgan fingerprint density at radius 2 is 1.97 bits per heavy atom. The molecule has 1 amide bonds. The first-order chi connectivity index (χ1) is 14.7. The lowest BCUT2D eigenvalue weighted by Gasteiger charge is -2.26. The molecule has 3 N–H and O–H groups in total. The Bertz CT molecular complexity index is 1080. The van der Waals surface area contributed by atoms with Crippen molar-refractivity contribution < 1.29 is 9.90 Å². The summed E-state index contributed by atoms with van der Waals surface area (Å²) in [5, 5.41) is 20.9. The topological polar surface area (TPSA) is 81.2 Å². The molecule has 1 fully saturated rings. The highest BCUT2D eigenvalue weighted by atomic mass is 16.3. The molecule has 30 heavy (non-hydrogen) atoms. The summed E-state index contributed by atoms with van der Waals surface area (Å²) in [5.41, 5.74) is 6.60. The predicted octanol–water partition coefficient (Wildman–Crippen LogP) is 3.57. The highest BCUT2D eigenvalue weighted by Crippen LogP contribution is 2.40. The van der Waals surface area contributed by atoms with Crippen molar-refractivity contribution in [2.45, 2.75) is 25.7 Å². The number of phenols is 1. The summed E-state index contributed by atoms with van der Waals surface area (Å²) in [7, 11) is 0. The molecule has 0 unspecified atom stereocenters. The second-order valence-corrected chi connectivity index (χ2v) is 8.15. The zero-order valence-corrected chi connectivity index (χ0v) is 16.9. The Morgan fingerprint density at radius 3 is 2.83 bits per heavy atom. The van der Waals surface area contributed by atoms with E-state index in [2.05, 4.69) is 32.5 Å². The van der Waals surface area contributed by atoms with E-state index in [1.165, 1.54) is 30.4 Å². The largest absolute Gasteiger partial charge is 0.507 e. The molecule has 1 aromatic heterocycles. The number of phenolic OH excluding ortho intramolecular Hbond substituents is 1. The number of aromatic nitrogens is 2. The van der Waals surface area contributed by atoms with Crippen LogP contribution < -0.4 is 5.32 Å². The summed E-state index contributed by atoms with van der Waals surface area (Å²) < 4.78 is 0. The molecule has 1 aliphatic heterocycles. The van der Waals surface area contributed by atoms with E-state index in [9.17, 15) is 9.90 Å². The van der Waals surface area contributed by atoms with Gasteiger partial charge in [0.1, 0.15) is 5.75 Å². The number of piperidine rings is 1. The molecule has 154 valence electrons. The third-order valence-corrected chi connectivity index (χ3v) is 6.20. The Morgan fingerprint density at radius 1 is 1.13 bits per heavy atom. The van der Waals surface area contributed by atoms with E-state index in [4.69, 9.17) is 0 Å². The van der Waals surface area contributed by atoms with E-state index in [1.807, 2.05) is 18.2 Å². The molecular weight excluding hydrogens is 376 g/mol. The maximum Gasteiger partial charge on any atom is 0.255 e. The maximum absolute atomic E-state index is 12.7. The minimum atomic E-state index is -0.248. The van der Waals surface area contributed by atoms with Gasteiger partial charge in [0.15, 0.2) is 0 Å². The second-order valence-electron chi connectivity index (χ2n) is 8.15. The quantitative estimate of drug-likeness (QED) is 0.477. The molecule has 6 heteroatoms. The van der Waals surface area contributed by atoms with Crippen molar-refractivity contribution in [3.63, 3.8) is 0 Å². The number of aromatic hydroxyl groups is 1. The fourth-order valence-corrected chi connectivity index (χ4v) is 4.58. The van der Waals surface area contributed by atoms with Gasteiger partial charge < -0.3 is 15.3 Å². The fraction of sp³-hybridized carbons (Fsp3) is 0.333. The van der Waals surface area contributed by atoms with Crippen LogP contribution in [0.4, 0.5) is 0 Å². The van der Waals surface area contributed by atoms with Crippen LogP contribution in [0.2, 0.25) is 0 Å². The normalized spacial score (nSPS) is 15.6. The SMILES string of the molecule is O=C(NCCN1CCCCC1)c1cc(-c2n[nH]c3c2Cc2ccccc2-3)ccc1O. The summed E-state index contributed by atoms with van der Waals surface area (Å²) in [5.74, 6) is -0.258. The van der Waals surface area contributed by atoms with Crippen LogP contribution in [0, 0.1) is 0 Å². The van der Waals surface area contributed by atoms with Gasteiger partial charge in [-0.05, 0) is 49.7 Å². The maximum atomic E-state index is 12.7. The first kappa shape index (κ1) is 18.9. The summed E-state index contributed by atoms with van der Waals surface area (Å²) in [6, 6.07) is 13.4. The van der Waals surface area contributed by atoms with Crippen LogP contribution in [0.15, 0.2) is 42.5 Å². The Kier molecular flexibility index (Phi) is 5.01. The van der Waals surface area contributed by atoms with E-state index in [0.29, 0.717) is 12.1 Å². The van der Waals surface area contributed by atoms with Crippen LogP contribution in [0.25, 0.3) is 22.5 Å². The van der Waals surface area contributed by atoms with Crippen molar-refractivity contribution in [2.75, 3.05) is 26.2 Å². The second kappa shape index (κ2) is 7.95. The molecular formula is C24H26N4O2. The smallest absolute Gasteiger partial charge is 0.255 e. The molecule has 5 rings (SSSR count). The molecule has 2 aromatic carbocycles. The number of benzene rings is 2. The molecule has 0 spiro atoms. The minimum Gasteiger partial charge on any atom is -0.507 e. The number of rotatable bonds is 5. The number of aromatic amines is 1. The van der Waals surface area contributed by atoms with E-state index in [-0.39, 0.29) is 11.7 Å². The van der Waals surface area contributed by atoms with Crippen LogP contribution in [-0.4, -0.2) is 52.3 Å². The molecule has 2 aliphatic rings. The molecule has 0 saturated carbocycles. The van der Waals surface area contributed by atoms with Gasteiger partial charge in [0.05, 0.1) is 17.0 Å². The van der Waals surface area contributed by atoms with Gasteiger partial charge in [-0.3, -0.25) is 9.89 Å². The lowest BCUT2D eigenvalue weighted by atomic mass is 10.0. The number of likely N-dealkylation sites (tertiary alicyclic amines) is 1. The lowest BCUT2D eigenvalue weighted by Crippen LogP contribution is -2.37. The van der Waals surface area contributed by atoms with Gasteiger partial charge in [-0.1, -0.05) is 30.7 Å². The minimum absolute atomic E-state index is 0.00955. The fourth-order valence-electron chi connectivity index (χ4n) is 4.58. The average molecular weight is 402 g/mol. The monoisotopic (exact) mass is 402 g/mol. The summed E-state index contributed by atoms with van der Waals surface area (Å²) in [4.78, 5) is 15.1. The molecule has 0 bridgehead atoms. The first-order valence-electron chi connectivity index (χ1n) is 10.7.